The zero-order valence-electron chi connectivity index (χ0n) is 14.8. The van der Waals surface area contributed by atoms with Gasteiger partial charge in [-0.25, -0.2) is 0 Å². The highest BCUT2D eigenvalue weighted by Crippen LogP contribution is 2.38. The topological polar surface area (TPSA) is 55.6 Å². The average molecular weight is 365 g/mol. The van der Waals surface area contributed by atoms with E-state index >= 15 is 0 Å². The summed E-state index contributed by atoms with van der Waals surface area (Å²) in [5, 5.41) is 12.0. The number of hydrogen-bond acceptors (Lipinski definition) is 5. The van der Waals surface area contributed by atoms with Crippen molar-refractivity contribution < 1.29 is 9.66 Å². The van der Waals surface area contributed by atoms with E-state index in [-0.39, 0.29) is 4.92 Å². The molecular formula is C19H28N2O3S. The van der Waals surface area contributed by atoms with Crippen molar-refractivity contribution >= 4 is 17.4 Å². The number of nitro groups is 1. The highest BCUT2D eigenvalue weighted by Gasteiger charge is 2.21. The lowest BCUT2D eigenvalue weighted by atomic mass is 10.0. The van der Waals surface area contributed by atoms with Gasteiger partial charge < -0.3 is 4.74 Å². The zero-order chi connectivity index (χ0) is 17.5. The minimum Gasteiger partial charge on any atom is -0.379 e. The van der Waals surface area contributed by atoms with E-state index in [4.69, 9.17) is 4.74 Å². The fourth-order valence-corrected chi connectivity index (χ4v) is 4.98. The molecule has 1 heterocycles. The summed E-state index contributed by atoms with van der Waals surface area (Å²) in [7, 11) is 0. The van der Waals surface area contributed by atoms with Crippen LogP contribution < -0.4 is 0 Å². The molecule has 1 aliphatic carbocycles. The molecule has 0 aromatic heterocycles. The van der Waals surface area contributed by atoms with Crippen molar-refractivity contribution in [2.75, 3.05) is 32.8 Å². The predicted octanol–water partition coefficient (Wildman–Crippen LogP) is 4.28. The van der Waals surface area contributed by atoms with Gasteiger partial charge >= 0.3 is 0 Å². The molecule has 0 N–H and O–H groups in total. The fourth-order valence-electron chi connectivity index (χ4n) is 3.65. The molecule has 1 aliphatic heterocycles. The van der Waals surface area contributed by atoms with Gasteiger partial charge in [0, 0.05) is 24.4 Å². The van der Waals surface area contributed by atoms with Crippen LogP contribution in [0.5, 0.6) is 0 Å². The number of rotatable bonds is 7. The predicted molar refractivity (Wildman–Crippen MR) is 101 cm³/mol. The number of nitro benzene ring substituents is 1. The lowest BCUT2D eigenvalue weighted by Crippen LogP contribution is -2.36. The van der Waals surface area contributed by atoms with E-state index in [9.17, 15) is 10.1 Å². The number of hydrogen-bond donors (Lipinski definition) is 0. The van der Waals surface area contributed by atoms with Gasteiger partial charge in [-0.1, -0.05) is 25.3 Å². The lowest BCUT2D eigenvalue weighted by Gasteiger charge is -2.26. The number of ether oxygens (including phenoxy) is 1. The Labute approximate surface area is 154 Å². The van der Waals surface area contributed by atoms with E-state index in [1.807, 2.05) is 6.07 Å². The number of benzene rings is 1. The molecule has 0 bridgehead atoms. The summed E-state index contributed by atoms with van der Waals surface area (Å²) in [5.74, 6) is 0. The highest BCUT2D eigenvalue weighted by molar-refractivity contribution is 8.00. The second kappa shape index (κ2) is 9.55. The van der Waals surface area contributed by atoms with Crippen molar-refractivity contribution in [3.63, 3.8) is 0 Å². The Morgan fingerprint density at radius 1 is 1.20 bits per heavy atom. The summed E-state index contributed by atoms with van der Waals surface area (Å²) in [6.45, 7) is 4.67. The van der Waals surface area contributed by atoms with Crippen LogP contribution in [0.25, 0.3) is 0 Å². The van der Waals surface area contributed by atoms with Crippen LogP contribution in [0, 0.1) is 10.1 Å². The van der Waals surface area contributed by atoms with Gasteiger partial charge in [-0.15, -0.1) is 11.8 Å². The molecule has 5 nitrogen and oxygen atoms in total. The first-order valence-corrected chi connectivity index (χ1v) is 10.3. The Morgan fingerprint density at radius 3 is 2.68 bits per heavy atom. The van der Waals surface area contributed by atoms with Gasteiger partial charge in [-0.3, -0.25) is 15.0 Å². The third-order valence-corrected chi connectivity index (χ3v) is 6.51. The van der Waals surface area contributed by atoms with Crippen LogP contribution in [0.4, 0.5) is 5.69 Å². The van der Waals surface area contributed by atoms with Crippen LogP contribution in [-0.2, 0) is 11.2 Å². The Hall–Kier alpha value is -1.11. The van der Waals surface area contributed by atoms with Gasteiger partial charge in [0.25, 0.3) is 5.69 Å². The van der Waals surface area contributed by atoms with Crippen molar-refractivity contribution in [2.45, 2.75) is 55.1 Å². The van der Waals surface area contributed by atoms with Gasteiger partial charge in [-0.2, -0.15) is 0 Å². The summed E-state index contributed by atoms with van der Waals surface area (Å²) in [6.07, 6.45) is 8.11. The van der Waals surface area contributed by atoms with E-state index in [1.54, 1.807) is 17.8 Å². The summed E-state index contributed by atoms with van der Waals surface area (Å²) in [5.41, 5.74) is 1.37. The quantitative estimate of drug-likeness (QED) is 0.534. The number of thioether (sulfide) groups is 1. The van der Waals surface area contributed by atoms with E-state index in [1.165, 1.54) is 32.1 Å². The SMILES string of the molecule is O=[N+]([O-])c1cc(CCCN2CCOCC2)ccc1SC1CCCCC1. The molecule has 0 unspecified atom stereocenters. The molecule has 3 rings (SSSR count). The third kappa shape index (κ3) is 5.69. The molecule has 2 aliphatic rings. The van der Waals surface area contributed by atoms with Crippen LogP contribution in [0.3, 0.4) is 0 Å². The van der Waals surface area contributed by atoms with Crippen LogP contribution >= 0.6 is 11.8 Å². The molecule has 0 spiro atoms. The molecule has 1 aromatic rings. The summed E-state index contributed by atoms with van der Waals surface area (Å²) in [6, 6.07) is 5.85. The minimum absolute atomic E-state index is 0.212. The van der Waals surface area contributed by atoms with Crippen LogP contribution in [0.1, 0.15) is 44.1 Å². The Kier molecular flexibility index (Phi) is 7.13. The fraction of sp³-hybridized carbons (Fsp3) is 0.684. The molecule has 6 heteroatoms. The summed E-state index contributed by atoms with van der Waals surface area (Å²) >= 11 is 1.71. The van der Waals surface area contributed by atoms with Crippen molar-refractivity contribution in [1.82, 2.24) is 4.90 Å². The molecule has 0 amide bonds. The molecule has 0 atom stereocenters. The number of morpholine rings is 1. The number of aryl methyl sites for hydroxylation is 1. The maximum atomic E-state index is 11.5. The van der Waals surface area contributed by atoms with E-state index in [2.05, 4.69) is 11.0 Å². The van der Waals surface area contributed by atoms with Gasteiger partial charge in [-0.05, 0) is 43.9 Å². The molecule has 1 saturated carbocycles. The standard InChI is InChI=1S/C19H28N2O3S/c22-21(23)18-15-16(5-4-10-20-11-13-24-14-12-20)8-9-19(18)25-17-6-2-1-3-7-17/h8-9,15,17H,1-7,10-14H2. The van der Waals surface area contributed by atoms with Crippen molar-refractivity contribution in [3.05, 3.63) is 33.9 Å². The van der Waals surface area contributed by atoms with Gasteiger partial charge in [0.05, 0.1) is 23.0 Å². The van der Waals surface area contributed by atoms with Crippen molar-refractivity contribution in [3.8, 4) is 0 Å². The lowest BCUT2D eigenvalue weighted by molar-refractivity contribution is -0.387. The largest absolute Gasteiger partial charge is 0.379 e. The normalized spacial score (nSPS) is 19.8. The van der Waals surface area contributed by atoms with Crippen molar-refractivity contribution in [1.29, 1.82) is 0 Å². The summed E-state index contributed by atoms with van der Waals surface area (Å²) in [4.78, 5) is 14.5. The smallest absolute Gasteiger partial charge is 0.283 e. The first kappa shape index (κ1) is 18.7. The van der Waals surface area contributed by atoms with Crippen LogP contribution in [0.2, 0.25) is 0 Å². The average Bonchev–Trinajstić information content (AvgIpc) is 2.64. The molecule has 25 heavy (non-hydrogen) atoms. The molecule has 138 valence electrons. The Morgan fingerprint density at radius 2 is 1.96 bits per heavy atom. The van der Waals surface area contributed by atoms with Gasteiger partial charge in [0.1, 0.15) is 0 Å². The van der Waals surface area contributed by atoms with Gasteiger partial charge in [0.2, 0.25) is 0 Å². The molecule has 2 fully saturated rings. The van der Waals surface area contributed by atoms with Crippen LogP contribution in [0.15, 0.2) is 23.1 Å². The van der Waals surface area contributed by atoms with Crippen molar-refractivity contribution in [2.24, 2.45) is 0 Å². The third-order valence-electron chi connectivity index (χ3n) is 5.11. The first-order valence-electron chi connectivity index (χ1n) is 9.46. The second-order valence-electron chi connectivity index (χ2n) is 6.99. The van der Waals surface area contributed by atoms with Gasteiger partial charge in [0.15, 0.2) is 0 Å². The van der Waals surface area contributed by atoms with E-state index in [0.29, 0.717) is 10.9 Å². The maximum absolute atomic E-state index is 11.5. The molecule has 1 aromatic carbocycles. The maximum Gasteiger partial charge on any atom is 0.283 e. The zero-order valence-corrected chi connectivity index (χ0v) is 15.6. The minimum atomic E-state index is -0.212. The highest BCUT2D eigenvalue weighted by atomic mass is 32.2. The number of nitrogens with zero attached hydrogens (tertiary/aromatic N) is 2. The second-order valence-corrected chi connectivity index (χ2v) is 8.34. The van der Waals surface area contributed by atoms with E-state index in [0.717, 1.165) is 56.1 Å². The first-order chi connectivity index (χ1) is 12.2. The van der Waals surface area contributed by atoms with E-state index < -0.39 is 0 Å². The molecular weight excluding hydrogens is 336 g/mol. The summed E-state index contributed by atoms with van der Waals surface area (Å²) < 4.78 is 5.36. The Balaban J connectivity index is 1.57. The monoisotopic (exact) mass is 364 g/mol. The Bertz CT molecular complexity index is 570. The molecule has 0 radical (unpaired) electrons. The van der Waals surface area contributed by atoms with Crippen LogP contribution in [-0.4, -0.2) is 47.9 Å². The molecule has 1 saturated heterocycles.